The summed E-state index contributed by atoms with van der Waals surface area (Å²) in [6.07, 6.45) is 3.09. The summed E-state index contributed by atoms with van der Waals surface area (Å²) in [5.41, 5.74) is 2.20. The molecule has 31 heavy (non-hydrogen) atoms. The van der Waals surface area contributed by atoms with Gasteiger partial charge in [-0.15, -0.1) is 0 Å². The van der Waals surface area contributed by atoms with Gasteiger partial charge in [-0.3, -0.25) is 14.4 Å². The number of nitrogens with one attached hydrogen (secondary N) is 2. The van der Waals surface area contributed by atoms with Crippen LogP contribution in [0.4, 0.5) is 11.4 Å². The summed E-state index contributed by atoms with van der Waals surface area (Å²) in [6.45, 7) is 1.29. The monoisotopic (exact) mass is 434 g/mol. The second-order valence-corrected chi connectivity index (χ2v) is 6.97. The summed E-state index contributed by atoms with van der Waals surface area (Å²) in [7, 11) is 0. The third kappa shape index (κ3) is 6.83. The van der Waals surface area contributed by atoms with Crippen LogP contribution in [0.15, 0.2) is 78.9 Å². The third-order valence-electron chi connectivity index (χ3n) is 4.04. The van der Waals surface area contributed by atoms with Crippen molar-refractivity contribution in [1.29, 1.82) is 0 Å². The van der Waals surface area contributed by atoms with Crippen molar-refractivity contribution in [3.05, 3.63) is 95.0 Å². The fourth-order valence-corrected chi connectivity index (χ4v) is 2.80. The summed E-state index contributed by atoms with van der Waals surface area (Å²) < 4.78 is 5.00. The van der Waals surface area contributed by atoms with Crippen molar-refractivity contribution in [2.24, 2.45) is 0 Å². The summed E-state index contributed by atoms with van der Waals surface area (Å²) in [4.78, 5) is 35.8. The van der Waals surface area contributed by atoms with Gasteiger partial charge >= 0.3 is 5.97 Å². The van der Waals surface area contributed by atoms with Crippen LogP contribution in [0.25, 0.3) is 6.08 Å². The first-order valence-electron chi connectivity index (χ1n) is 9.33. The minimum atomic E-state index is -0.467. The van der Waals surface area contributed by atoms with Crippen molar-refractivity contribution in [1.82, 2.24) is 0 Å². The number of anilines is 2. The van der Waals surface area contributed by atoms with Gasteiger partial charge < -0.3 is 15.4 Å². The van der Waals surface area contributed by atoms with Gasteiger partial charge in [-0.05, 0) is 60.2 Å². The van der Waals surface area contributed by atoms with E-state index in [1.807, 2.05) is 0 Å². The van der Waals surface area contributed by atoms with Gasteiger partial charge in [-0.25, -0.2) is 0 Å². The molecule has 3 aromatic rings. The van der Waals surface area contributed by atoms with Gasteiger partial charge in [0.25, 0.3) is 5.91 Å². The van der Waals surface area contributed by atoms with Crippen molar-refractivity contribution in [3.63, 3.8) is 0 Å². The number of amides is 2. The lowest BCUT2D eigenvalue weighted by Crippen LogP contribution is -2.13. The van der Waals surface area contributed by atoms with Crippen LogP contribution >= 0.6 is 11.6 Å². The van der Waals surface area contributed by atoms with Gasteiger partial charge in [0.1, 0.15) is 5.75 Å². The molecule has 2 amide bonds. The number of halogens is 1. The van der Waals surface area contributed by atoms with Crippen molar-refractivity contribution >= 4 is 46.8 Å². The van der Waals surface area contributed by atoms with Gasteiger partial charge in [-0.1, -0.05) is 35.9 Å². The highest BCUT2D eigenvalue weighted by molar-refractivity contribution is 6.30. The Hall–Kier alpha value is -3.90. The van der Waals surface area contributed by atoms with Crippen LogP contribution in [-0.2, 0) is 9.59 Å². The van der Waals surface area contributed by atoms with Crippen LogP contribution in [0.3, 0.4) is 0 Å². The first-order valence-corrected chi connectivity index (χ1v) is 9.71. The Morgan fingerprint density at radius 3 is 2.26 bits per heavy atom. The van der Waals surface area contributed by atoms with Crippen LogP contribution in [-0.4, -0.2) is 17.8 Å². The predicted molar refractivity (Wildman–Crippen MR) is 121 cm³/mol. The molecule has 0 spiro atoms. The molecular weight excluding hydrogens is 416 g/mol. The SMILES string of the molecule is CC(=O)Oc1cccc(C(=O)Nc2cccc(NC(=O)/C=C/c3ccc(Cl)cc3)c2)c1. The minimum absolute atomic E-state index is 0.286. The molecule has 0 aliphatic rings. The molecule has 0 atom stereocenters. The van der Waals surface area contributed by atoms with Crippen molar-refractivity contribution < 1.29 is 19.1 Å². The average molecular weight is 435 g/mol. The second kappa shape index (κ2) is 10.2. The highest BCUT2D eigenvalue weighted by atomic mass is 35.5. The lowest BCUT2D eigenvalue weighted by molar-refractivity contribution is -0.131. The second-order valence-electron chi connectivity index (χ2n) is 6.53. The lowest BCUT2D eigenvalue weighted by Gasteiger charge is -2.09. The van der Waals surface area contributed by atoms with Gasteiger partial charge in [0, 0.05) is 35.0 Å². The minimum Gasteiger partial charge on any atom is -0.427 e. The molecule has 7 heteroatoms. The van der Waals surface area contributed by atoms with Crippen LogP contribution in [0.5, 0.6) is 5.75 Å². The normalized spacial score (nSPS) is 10.5. The van der Waals surface area contributed by atoms with Crippen LogP contribution < -0.4 is 15.4 Å². The molecule has 0 aliphatic heterocycles. The Morgan fingerprint density at radius 2 is 1.55 bits per heavy atom. The average Bonchev–Trinajstić information content (AvgIpc) is 2.73. The molecule has 0 radical (unpaired) electrons. The molecule has 2 N–H and O–H groups in total. The van der Waals surface area contributed by atoms with E-state index < -0.39 is 5.97 Å². The molecule has 0 aromatic heterocycles. The van der Waals surface area contributed by atoms with Crippen LogP contribution in [0.2, 0.25) is 5.02 Å². The first kappa shape index (κ1) is 21.8. The largest absolute Gasteiger partial charge is 0.427 e. The number of rotatable bonds is 6. The number of hydrogen-bond acceptors (Lipinski definition) is 4. The van der Waals surface area contributed by atoms with E-state index in [1.165, 1.54) is 19.1 Å². The number of hydrogen-bond donors (Lipinski definition) is 2. The van der Waals surface area contributed by atoms with E-state index in [4.69, 9.17) is 16.3 Å². The maximum atomic E-state index is 12.5. The van der Waals surface area contributed by atoms with E-state index in [2.05, 4.69) is 10.6 Å². The van der Waals surface area contributed by atoms with E-state index in [9.17, 15) is 14.4 Å². The molecule has 0 saturated carbocycles. The zero-order valence-electron chi connectivity index (χ0n) is 16.6. The summed E-state index contributed by atoms with van der Waals surface area (Å²) >= 11 is 5.85. The molecule has 6 nitrogen and oxygen atoms in total. The summed E-state index contributed by atoms with van der Waals surface area (Å²) in [5, 5.41) is 6.13. The summed E-state index contributed by atoms with van der Waals surface area (Å²) in [5.74, 6) is -0.868. The van der Waals surface area contributed by atoms with E-state index in [0.717, 1.165) is 5.56 Å². The van der Waals surface area contributed by atoms with Gasteiger partial charge in [0.05, 0.1) is 0 Å². The zero-order valence-corrected chi connectivity index (χ0v) is 17.3. The Labute approximate surface area is 184 Å². The molecule has 0 bridgehead atoms. The molecule has 0 heterocycles. The smallest absolute Gasteiger partial charge is 0.308 e. The fourth-order valence-electron chi connectivity index (χ4n) is 2.67. The standard InChI is InChI=1S/C24H19ClN2O4/c1-16(28)31-22-7-2-4-18(14-22)24(30)27-21-6-3-5-20(15-21)26-23(29)13-10-17-8-11-19(25)12-9-17/h2-15H,1H3,(H,26,29)(H,27,30)/b13-10+. The Bertz CT molecular complexity index is 1140. The van der Waals surface area contributed by atoms with Crippen LogP contribution in [0.1, 0.15) is 22.8 Å². The highest BCUT2D eigenvalue weighted by Gasteiger charge is 2.09. The Kier molecular flexibility index (Phi) is 7.19. The van der Waals surface area contributed by atoms with Gasteiger partial charge in [-0.2, -0.15) is 0 Å². The molecule has 156 valence electrons. The third-order valence-corrected chi connectivity index (χ3v) is 4.29. The molecule has 0 fully saturated rings. The van der Waals surface area contributed by atoms with E-state index >= 15 is 0 Å². The molecule has 3 rings (SSSR count). The Morgan fingerprint density at radius 1 is 0.871 bits per heavy atom. The molecule has 0 unspecified atom stereocenters. The number of ether oxygens (including phenoxy) is 1. The van der Waals surface area contributed by atoms with Gasteiger partial charge in [0.15, 0.2) is 0 Å². The number of benzene rings is 3. The maximum absolute atomic E-state index is 12.5. The molecule has 0 saturated heterocycles. The maximum Gasteiger partial charge on any atom is 0.308 e. The van der Waals surface area contributed by atoms with Crippen LogP contribution in [0, 0.1) is 0 Å². The van der Waals surface area contributed by atoms with Crippen molar-refractivity contribution in [3.8, 4) is 5.75 Å². The molecule has 0 aliphatic carbocycles. The zero-order chi connectivity index (χ0) is 22.2. The predicted octanol–water partition coefficient (Wildman–Crippen LogP) is 5.17. The highest BCUT2D eigenvalue weighted by Crippen LogP contribution is 2.19. The van der Waals surface area contributed by atoms with Gasteiger partial charge in [0.2, 0.25) is 5.91 Å². The quantitative estimate of drug-likeness (QED) is 0.318. The number of esters is 1. The summed E-state index contributed by atoms with van der Waals surface area (Å²) in [6, 6.07) is 20.2. The Balaban J connectivity index is 1.63. The first-order chi connectivity index (χ1) is 14.9. The fraction of sp³-hybridized carbons (Fsp3) is 0.0417. The van der Waals surface area contributed by atoms with E-state index in [1.54, 1.807) is 72.8 Å². The number of carbonyl (C=O) groups excluding carboxylic acids is 3. The molecule has 3 aromatic carbocycles. The van der Waals surface area contributed by atoms with E-state index in [0.29, 0.717) is 22.0 Å². The van der Waals surface area contributed by atoms with Crippen molar-refractivity contribution in [2.45, 2.75) is 6.92 Å². The van der Waals surface area contributed by atoms with Crippen molar-refractivity contribution in [2.75, 3.05) is 10.6 Å². The topological polar surface area (TPSA) is 84.5 Å². The van der Waals surface area contributed by atoms with E-state index in [-0.39, 0.29) is 17.6 Å². The number of carbonyl (C=O) groups is 3. The molecular formula is C24H19ClN2O4. The lowest BCUT2D eigenvalue weighted by atomic mass is 10.2.